The standard InChI is InChI=1S/C29H26N8O2S/c1-29(2,3)37-16-25(27(36-37)18-4-9-26-24(12-18)31-17-40-26)35-28(38)34-20-5-7-21(8-6-20)39-22-10-11-30-23(13-22)19-14-32-33-15-19/h4-17H,1-3H3,(H,32,33)(H2,34,35,38). The molecule has 0 atom stereocenters. The molecule has 0 aliphatic heterocycles. The van der Waals surface area contributed by atoms with Gasteiger partial charge in [0.25, 0.3) is 0 Å². The van der Waals surface area contributed by atoms with Crippen molar-refractivity contribution in [1.29, 1.82) is 0 Å². The van der Waals surface area contributed by atoms with Crippen LogP contribution < -0.4 is 15.4 Å². The highest BCUT2D eigenvalue weighted by Crippen LogP contribution is 2.32. The third kappa shape index (κ3) is 5.40. The summed E-state index contributed by atoms with van der Waals surface area (Å²) < 4.78 is 8.93. The number of H-pyrrole nitrogens is 1. The van der Waals surface area contributed by atoms with Crippen LogP contribution in [0.1, 0.15) is 20.8 Å². The number of nitrogens with zero attached hydrogens (tertiary/aromatic N) is 5. The summed E-state index contributed by atoms with van der Waals surface area (Å²) in [5.41, 5.74) is 6.86. The highest BCUT2D eigenvalue weighted by atomic mass is 32.1. The maximum atomic E-state index is 13.0. The van der Waals surface area contributed by atoms with Crippen LogP contribution in [-0.2, 0) is 5.54 Å². The minimum absolute atomic E-state index is 0.264. The number of pyridine rings is 1. The van der Waals surface area contributed by atoms with E-state index in [-0.39, 0.29) is 11.6 Å². The molecule has 2 aromatic carbocycles. The van der Waals surface area contributed by atoms with E-state index in [1.54, 1.807) is 60.3 Å². The number of carbonyl (C=O) groups excluding carboxylic acids is 1. The van der Waals surface area contributed by atoms with E-state index in [0.29, 0.717) is 28.6 Å². The predicted octanol–water partition coefficient (Wildman–Crippen LogP) is 7.14. The minimum atomic E-state index is -0.378. The Morgan fingerprint density at radius 1 is 0.975 bits per heavy atom. The van der Waals surface area contributed by atoms with E-state index in [1.807, 2.05) is 40.7 Å². The van der Waals surface area contributed by atoms with Gasteiger partial charge in [0.2, 0.25) is 0 Å². The van der Waals surface area contributed by atoms with Gasteiger partial charge < -0.3 is 15.4 Å². The quantitative estimate of drug-likeness (QED) is 0.203. The first kappa shape index (κ1) is 25.3. The minimum Gasteiger partial charge on any atom is -0.457 e. The summed E-state index contributed by atoms with van der Waals surface area (Å²) in [6.45, 7) is 6.18. The Morgan fingerprint density at radius 3 is 2.60 bits per heavy atom. The number of aromatic nitrogens is 6. The van der Waals surface area contributed by atoms with Gasteiger partial charge in [0.1, 0.15) is 17.2 Å². The Labute approximate surface area is 234 Å². The van der Waals surface area contributed by atoms with Crippen molar-refractivity contribution in [1.82, 2.24) is 29.9 Å². The summed E-state index contributed by atoms with van der Waals surface area (Å²) in [5.74, 6) is 1.27. The van der Waals surface area contributed by atoms with Gasteiger partial charge in [-0.3, -0.25) is 14.8 Å². The van der Waals surface area contributed by atoms with Gasteiger partial charge in [-0.25, -0.2) is 9.78 Å². The fraction of sp³-hybridized carbons (Fsp3) is 0.138. The van der Waals surface area contributed by atoms with Crippen molar-refractivity contribution in [3.63, 3.8) is 0 Å². The van der Waals surface area contributed by atoms with E-state index < -0.39 is 0 Å². The van der Waals surface area contributed by atoms with Gasteiger partial charge in [-0.05, 0) is 63.2 Å². The molecule has 0 radical (unpaired) electrons. The lowest BCUT2D eigenvalue weighted by atomic mass is 10.1. The highest BCUT2D eigenvalue weighted by Gasteiger charge is 2.21. The summed E-state index contributed by atoms with van der Waals surface area (Å²) in [5, 5.41) is 17.4. The van der Waals surface area contributed by atoms with Crippen LogP contribution in [0.5, 0.6) is 11.5 Å². The number of thiazole rings is 1. The van der Waals surface area contributed by atoms with Crippen LogP contribution in [0.3, 0.4) is 0 Å². The lowest BCUT2D eigenvalue weighted by Crippen LogP contribution is -2.22. The number of hydrogen-bond acceptors (Lipinski definition) is 7. The van der Waals surface area contributed by atoms with Gasteiger partial charge in [-0.15, -0.1) is 11.3 Å². The molecular formula is C29H26N8O2S. The Bertz CT molecular complexity index is 1780. The number of ether oxygens (including phenoxy) is 1. The van der Waals surface area contributed by atoms with Gasteiger partial charge in [0, 0.05) is 41.5 Å². The highest BCUT2D eigenvalue weighted by molar-refractivity contribution is 7.16. The van der Waals surface area contributed by atoms with Crippen molar-refractivity contribution in [2.75, 3.05) is 10.6 Å². The van der Waals surface area contributed by atoms with Gasteiger partial charge >= 0.3 is 6.03 Å². The van der Waals surface area contributed by atoms with Crippen LogP contribution in [0.25, 0.3) is 32.7 Å². The summed E-state index contributed by atoms with van der Waals surface area (Å²) in [6, 6.07) is 16.4. The number of nitrogens with one attached hydrogen (secondary N) is 3. The molecule has 0 saturated heterocycles. The van der Waals surface area contributed by atoms with Crippen LogP contribution >= 0.6 is 11.3 Å². The summed E-state index contributed by atoms with van der Waals surface area (Å²) >= 11 is 1.59. The van der Waals surface area contributed by atoms with E-state index >= 15 is 0 Å². The SMILES string of the molecule is CC(C)(C)n1cc(NC(=O)Nc2ccc(Oc3ccnc(-c4cn[nH]c4)c3)cc2)c(-c2ccc3scnc3c2)n1. The zero-order valence-electron chi connectivity index (χ0n) is 22.0. The molecule has 0 unspecified atom stereocenters. The topological polar surface area (TPSA) is 123 Å². The molecule has 11 heteroatoms. The van der Waals surface area contributed by atoms with Crippen molar-refractivity contribution >= 4 is 39.0 Å². The second-order valence-corrected chi connectivity index (χ2v) is 11.0. The second kappa shape index (κ2) is 10.3. The largest absolute Gasteiger partial charge is 0.457 e. The number of hydrogen-bond donors (Lipinski definition) is 3. The van der Waals surface area contributed by atoms with Gasteiger partial charge in [-0.2, -0.15) is 10.2 Å². The van der Waals surface area contributed by atoms with Crippen LogP contribution in [0.15, 0.2) is 84.9 Å². The Kier molecular flexibility index (Phi) is 6.48. The number of fused-ring (bicyclic) bond motifs is 1. The maximum absolute atomic E-state index is 13.0. The van der Waals surface area contributed by atoms with E-state index in [1.165, 1.54) is 0 Å². The molecule has 0 saturated carbocycles. The molecule has 40 heavy (non-hydrogen) atoms. The number of benzene rings is 2. The van der Waals surface area contributed by atoms with Crippen LogP contribution in [0.2, 0.25) is 0 Å². The number of rotatable bonds is 6. The molecule has 3 N–H and O–H groups in total. The van der Waals surface area contributed by atoms with E-state index in [2.05, 4.69) is 51.6 Å². The molecule has 2 amide bonds. The molecule has 6 rings (SSSR count). The molecule has 4 heterocycles. The summed E-state index contributed by atoms with van der Waals surface area (Å²) in [7, 11) is 0. The first-order valence-electron chi connectivity index (χ1n) is 12.6. The number of anilines is 2. The Hall–Kier alpha value is -5.03. The molecule has 4 aromatic heterocycles. The summed E-state index contributed by atoms with van der Waals surface area (Å²) in [6.07, 6.45) is 7.01. The second-order valence-electron chi connectivity index (χ2n) is 10.1. The number of aromatic amines is 1. The predicted molar refractivity (Wildman–Crippen MR) is 157 cm³/mol. The van der Waals surface area contributed by atoms with Gasteiger partial charge in [0.05, 0.1) is 38.8 Å². The van der Waals surface area contributed by atoms with Crippen LogP contribution in [0, 0.1) is 0 Å². The van der Waals surface area contributed by atoms with Crippen molar-refractivity contribution in [2.45, 2.75) is 26.3 Å². The van der Waals surface area contributed by atoms with Crippen LogP contribution in [-0.4, -0.2) is 36.0 Å². The summed E-state index contributed by atoms with van der Waals surface area (Å²) in [4.78, 5) is 21.8. The smallest absolute Gasteiger partial charge is 0.323 e. The molecule has 0 spiro atoms. The number of urea groups is 1. The zero-order valence-corrected chi connectivity index (χ0v) is 22.9. The van der Waals surface area contributed by atoms with Crippen LogP contribution in [0.4, 0.5) is 16.2 Å². The molecule has 0 bridgehead atoms. The molecule has 0 aliphatic rings. The molecule has 200 valence electrons. The molecule has 0 fully saturated rings. The Balaban J connectivity index is 1.16. The van der Waals surface area contributed by atoms with Crippen molar-refractivity contribution < 1.29 is 9.53 Å². The monoisotopic (exact) mass is 550 g/mol. The maximum Gasteiger partial charge on any atom is 0.323 e. The lowest BCUT2D eigenvalue weighted by Gasteiger charge is -2.18. The normalized spacial score (nSPS) is 11.5. The lowest BCUT2D eigenvalue weighted by molar-refractivity contribution is 0.262. The van der Waals surface area contributed by atoms with E-state index in [0.717, 1.165) is 27.0 Å². The van der Waals surface area contributed by atoms with Crippen molar-refractivity contribution in [3.8, 4) is 34.0 Å². The molecule has 0 aliphatic carbocycles. The molecule has 10 nitrogen and oxygen atoms in total. The average molecular weight is 551 g/mol. The first-order chi connectivity index (χ1) is 19.3. The van der Waals surface area contributed by atoms with Crippen molar-refractivity contribution in [2.24, 2.45) is 0 Å². The Morgan fingerprint density at radius 2 is 1.82 bits per heavy atom. The van der Waals surface area contributed by atoms with Gasteiger partial charge in [-0.1, -0.05) is 6.07 Å². The fourth-order valence-corrected chi connectivity index (χ4v) is 4.74. The molecular weight excluding hydrogens is 524 g/mol. The zero-order chi connectivity index (χ0) is 27.7. The van der Waals surface area contributed by atoms with E-state index in [4.69, 9.17) is 9.84 Å². The average Bonchev–Trinajstić information content (AvgIpc) is 3.70. The molecule has 6 aromatic rings. The third-order valence-electron chi connectivity index (χ3n) is 6.13. The number of amides is 2. The van der Waals surface area contributed by atoms with E-state index in [9.17, 15) is 4.79 Å². The fourth-order valence-electron chi connectivity index (χ4n) is 4.08. The number of carbonyl (C=O) groups is 1. The van der Waals surface area contributed by atoms with Gasteiger partial charge in [0.15, 0.2) is 0 Å². The van der Waals surface area contributed by atoms with Crippen molar-refractivity contribution in [3.05, 3.63) is 84.9 Å². The third-order valence-corrected chi connectivity index (χ3v) is 6.94. The first-order valence-corrected chi connectivity index (χ1v) is 13.4.